The second kappa shape index (κ2) is 6.33. The van der Waals surface area contributed by atoms with E-state index in [1.807, 2.05) is 0 Å². The molecule has 0 aromatic heterocycles. The van der Waals surface area contributed by atoms with Crippen LogP contribution < -0.4 is 0 Å². The minimum Gasteiger partial charge on any atom is -0.458 e. The fraction of sp³-hybridized carbons (Fsp3) is 0.714. The molecule has 6 heteroatoms. The summed E-state index contributed by atoms with van der Waals surface area (Å²) >= 11 is 0. The van der Waals surface area contributed by atoms with Crippen LogP contribution in [0, 0.1) is 5.92 Å². The molecule has 0 bridgehead atoms. The summed E-state index contributed by atoms with van der Waals surface area (Å²) in [5.74, 6) is -1.31. The summed E-state index contributed by atoms with van der Waals surface area (Å²) in [6.07, 6.45) is -0.610. The topological polar surface area (TPSA) is 46.6 Å². The number of amides is 1. The molecule has 0 aliphatic carbocycles. The van der Waals surface area contributed by atoms with E-state index in [4.69, 9.17) is 4.74 Å². The van der Waals surface area contributed by atoms with Crippen molar-refractivity contribution in [3.8, 4) is 0 Å². The maximum atomic E-state index is 12.2. The van der Waals surface area contributed by atoms with Gasteiger partial charge in [-0.3, -0.25) is 4.79 Å². The van der Waals surface area contributed by atoms with Gasteiger partial charge >= 0.3 is 5.97 Å². The number of ether oxygens (including phenoxy) is 1. The van der Waals surface area contributed by atoms with Gasteiger partial charge in [0, 0.05) is 18.9 Å². The van der Waals surface area contributed by atoms with Crippen LogP contribution in [0.25, 0.3) is 0 Å². The highest BCUT2D eigenvalue weighted by atomic mass is 19.3. The Balaban J connectivity index is 2.78. The molecule has 1 aliphatic rings. The Bertz CT molecular complexity index is 411. The van der Waals surface area contributed by atoms with Gasteiger partial charge in [0.1, 0.15) is 11.6 Å². The lowest BCUT2D eigenvalue weighted by molar-refractivity contribution is -0.163. The van der Waals surface area contributed by atoms with Gasteiger partial charge in [-0.2, -0.15) is 8.78 Å². The van der Waals surface area contributed by atoms with Crippen molar-refractivity contribution in [3.05, 3.63) is 12.2 Å². The van der Waals surface area contributed by atoms with Gasteiger partial charge in [-0.05, 0) is 33.3 Å². The molecule has 2 unspecified atom stereocenters. The van der Waals surface area contributed by atoms with Gasteiger partial charge in [0.05, 0.1) is 0 Å². The molecule has 1 saturated heterocycles. The van der Waals surface area contributed by atoms with Crippen molar-refractivity contribution in [3.63, 3.8) is 0 Å². The van der Waals surface area contributed by atoms with Gasteiger partial charge in [0.2, 0.25) is 5.91 Å². The Labute approximate surface area is 117 Å². The average molecular weight is 289 g/mol. The summed E-state index contributed by atoms with van der Waals surface area (Å²) in [6, 6.07) is -0.706. The van der Waals surface area contributed by atoms with E-state index in [2.05, 4.69) is 0 Å². The van der Waals surface area contributed by atoms with E-state index in [-0.39, 0.29) is 18.9 Å². The maximum absolute atomic E-state index is 12.2. The van der Waals surface area contributed by atoms with E-state index in [0.717, 1.165) is 6.08 Å². The molecule has 2 atom stereocenters. The van der Waals surface area contributed by atoms with Gasteiger partial charge in [-0.25, -0.2) is 4.79 Å². The highest BCUT2D eigenvalue weighted by Gasteiger charge is 2.38. The Kier molecular flexibility index (Phi) is 5.25. The van der Waals surface area contributed by atoms with Gasteiger partial charge in [0.15, 0.2) is 0 Å². The Hall–Kier alpha value is -1.46. The number of hydrogen-bond donors (Lipinski definition) is 0. The number of halogens is 2. The lowest BCUT2D eigenvalue weighted by Gasteiger charge is -2.29. The number of carbonyl (C=O) groups excluding carboxylic acids is 2. The van der Waals surface area contributed by atoms with E-state index >= 15 is 0 Å². The van der Waals surface area contributed by atoms with Crippen molar-refractivity contribution < 1.29 is 23.1 Å². The number of nitrogens with zero attached hydrogens (tertiary/aromatic N) is 1. The van der Waals surface area contributed by atoms with Crippen molar-refractivity contribution in [2.75, 3.05) is 6.54 Å². The standard InChI is InChI=1S/C14H21F2NO3/c1-5-10(13(19)20-14(2,3)4)17-8-9(6-11(15)16)7-12(17)18/h6,9-10H,5,7-8H2,1-4H3. The zero-order valence-corrected chi connectivity index (χ0v) is 12.3. The molecule has 0 aromatic rings. The fourth-order valence-corrected chi connectivity index (χ4v) is 2.24. The summed E-state index contributed by atoms with van der Waals surface area (Å²) in [4.78, 5) is 25.3. The number of carbonyl (C=O) groups is 2. The lowest BCUT2D eigenvalue weighted by atomic mass is 10.1. The third-order valence-corrected chi connectivity index (χ3v) is 2.99. The second-order valence-electron chi connectivity index (χ2n) is 5.92. The molecule has 0 spiro atoms. The Morgan fingerprint density at radius 1 is 1.50 bits per heavy atom. The minimum absolute atomic E-state index is 0.0106. The number of esters is 1. The first kappa shape index (κ1) is 16.6. The largest absolute Gasteiger partial charge is 0.458 e. The summed E-state index contributed by atoms with van der Waals surface area (Å²) in [5, 5.41) is 0. The fourth-order valence-electron chi connectivity index (χ4n) is 2.24. The smallest absolute Gasteiger partial charge is 0.329 e. The van der Waals surface area contributed by atoms with Crippen molar-refractivity contribution in [1.82, 2.24) is 4.90 Å². The maximum Gasteiger partial charge on any atom is 0.329 e. The molecule has 114 valence electrons. The molecule has 1 amide bonds. The Morgan fingerprint density at radius 3 is 2.55 bits per heavy atom. The van der Waals surface area contributed by atoms with Crippen LogP contribution in [0.4, 0.5) is 8.78 Å². The quantitative estimate of drug-likeness (QED) is 0.748. The first-order valence-electron chi connectivity index (χ1n) is 6.69. The summed E-state index contributed by atoms with van der Waals surface area (Å²) in [5.41, 5.74) is -0.641. The van der Waals surface area contributed by atoms with E-state index in [0.29, 0.717) is 6.42 Å². The van der Waals surface area contributed by atoms with E-state index in [9.17, 15) is 18.4 Å². The number of rotatable bonds is 4. The van der Waals surface area contributed by atoms with Gasteiger partial charge in [-0.1, -0.05) is 6.92 Å². The lowest BCUT2D eigenvalue weighted by Crippen LogP contribution is -2.44. The minimum atomic E-state index is -1.80. The van der Waals surface area contributed by atoms with Crippen LogP contribution >= 0.6 is 0 Å². The van der Waals surface area contributed by atoms with E-state index in [1.54, 1.807) is 27.7 Å². The molecule has 0 radical (unpaired) electrons. The zero-order valence-electron chi connectivity index (χ0n) is 12.3. The molecule has 4 nitrogen and oxygen atoms in total. The van der Waals surface area contributed by atoms with Crippen molar-refractivity contribution in [1.29, 1.82) is 0 Å². The molecule has 1 rings (SSSR count). The summed E-state index contributed by atoms with van der Waals surface area (Å²) in [7, 11) is 0. The van der Waals surface area contributed by atoms with Crippen LogP contribution in [-0.4, -0.2) is 35.0 Å². The predicted octanol–water partition coefficient (Wildman–Crippen LogP) is 2.74. The van der Waals surface area contributed by atoms with Gasteiger partial charge in [-0.15, -0.1) is 0 Å². The normalized spacial score (nSPS) is 20.8. The zero-order chi connectivity index (χ0) is 15.5. The molecule has 0 N–H and O–H groups in total. The highest BCUT2D eigenvalue weighted by Crippen LogP contribution is 2.25. The second-order valence-corrected chi connectivity index (χ2v) is 5.92. The highest BCUT2D eigenvalue weighted by molar-refractivity contribution is 5.86. The third kappa shape index (κ3) is 4.58. The molecule has 20 heavy (non-hydrogen) atoms. The van der Waals surface area contributed by atoms with Crippen LogP contribution in [0.2, 0.25) is 0 Å². The first-order valence-corrected chi connectivity index (χ1v) is 6.69. The van der Waals surface area contributed by atoms with E-state index < -0.39 is 29.6 Å². The molecule has 1 heterocycles. The number of likely N-dealkylation sites (tertiary alicyclic amines) is 1. The van der Waals surface area contributed by atoms with Crippen LogP contribution in [0.1, 0.15) is 40.5 Å². The van der Waals surface area contributed by atoms with Crippen LogP contribution in [-0.2, 0) is 14.3 Å². The number of hydrogen-bond acceptors (Lipinski definition) is 3. The molecule has 0 aromatic carbocycles. The summed E-state index contributed by atoms with van der Waals surface area (Å²) in [6.45, 7) is 7.13. The first-order chi connectivity index (χ1) is 9.14. The monoisotopic (exact) mass is 289 g/mol. The van der Waals surface area contributed by atoms with E-state index in [1.165, 1.54) is 4.90 Å². The van der Waals surface area contributed by atoms with Crippen LogP contribution in [0.3, 0.4) is 0 Å². The third-order valence-electron chi connectivity index (χ3n) is 2.99. The van der Waals surface area contributed by atoms with Crippen molar-refractivity contribution in [2.45, 2.75) is 52.2 Å². The average Bonchev–Trinajstić information content (AvgIpc) is 2.57. The SMILES string of the molecule is CCC(C(=O)OC(C)(C)C)N1CC(C=C(F)F)CC1=O. The molecule has 1 fully saturated rings. The molecule has 1 aliphatic heterocycles. The molecule has 0 saturated carbocycles. The predicted molar refractivity (Wildman–Crippen MR) is 70.0 cm³/mol. The van der Waals surface area contributed by atoms with Crippen molar-refractivity contribution >= 4 is 11.9 Å². The van der Waals surface area contributed by atoms with Gasteiger partial charge in [0.25, 0.3) is 6.08 Å². The van der Waals surface area contributed by atoms with Crippen molar-refractivity contribution in [2.24, 2.45) is 5.92 Å². The Morgan fingerprint density at radius 2 is 2.10 bits per heavy atom. The molecular formula is C14H21F2NO3. The molecular weight excluding hydrogens is 268 g/mol. The van der Waals surface area contributed by atoms with Crippen LogP contribution in [0.15, 0.2) is 12.2 Å². The van der Waals surface area contributed by atoms with Gasteiger partial charge < -0.3 is 9.64 Å². The van der Waals surface area contributed by atoms with Crippen LogP contribution in [0.5, 0.6) is 0 Å². The summed E-state index contributed by atoms with van der Waals surface area (Å²) < 4.78 is 29.8.